The number of aromatic nitrogens is 2. The summed E-state index contributed by atoms with van der Waals surface area (Å²) in [5.41, 5.74) is 0.716. The van der Waals surface area contributed by atoms with Crippen molar-refractivity contribution in [2.75, 3.05) is 5.32 Å². The normalized spacial score (nSPS) is 11.0. The minimum absolute atomic E-state index is 0.320. The Balaban J connectivity index is 1.96. The van der Waals surface area contributed by atoms with E-state index in [4.69, 9.17) is 0 Å². The molecule has 0 unspecified atom stereocenters. The minimum atomic E-state index is -0.921. The molecular weight excluding hydrogens is 306 g/mol. The lowest BCUT2D eigenvalue weighted by molar-refractivity contribution is 0.0701. The molecule has 0 radical (unpaired) electrons. The molecule has 0 spiro atoms. The van der Waals surface area contributed by atoms with Gasteiger partial charge in [-0.05, 0) is 31.5 Å². The minimum Gasteiger partial charge on any atom is -0.477 e. The molecule has 3 aromatic rings. The molecule has 0 aliphatic carbocycles. The summed E-state index contributed by atoms with van der Waals surface area (Å²) in [4.78, 5) is 23.2. The number of nitrogens with zero attached hydrogens (tertiary/aromatic N) is 2. The number of fused-ring (bicyclic) bond motifs is 1. The Kier molecular flexibility index (Phi) is 3.60. The SMILES string of the molecule is Cc1ccc(CNc2ncnc3sc(C(=O)O)c(C)c23)s1. The third kappa shape index (κ3) is 2.62. The quantitative estimate of drug-likeness (QED) is 0.767. The predicted octanol–water partition coefficient (Wildman–Crippen LogP) is 3.68. The van der Waals surface area contributed by atoms with Crippen molar-refractivity contribution in [3.8, 4) is 0 Å². The first-order valence-corrected chi connectivity index (χ1v) is 7.96. The molecule has 0 fully saturated rings. The van der Waals surface area contributed by atoms with Crippen molar-refractivity contribution in [1.29, 1.82) is 0 Å². The average molecular weight is 319 g/mol. The number of carbonyl (C=O) groups is 1. The topological polar surface area (TPSA) is 75.1 Å². The van der Waals surface area contributed by atoms with Gasteiger partial charge >= 0.3 is 5.97 Å². The fourth-order valence-electron chi connectivity index (χ4n) is 2.16. The Morgan fingerprint density at radius 3 is 2.76 bits per heavy atom. The molecule has 0 aromatic carbocycles. The molecule has 3 heterocycles. The molecular formula is C14H13N3O2S2. The monoisotopic (exact) mass is 319 g/mol. The molecule has 3 aromatic heterocycles. The Bertz CT molecular complexity index is 823. The third-order valence-electron chi connectivity index (χ3n) is 3.15. The summed E-state index contributed by atoms with van der Waals surface area (Å²) < 4.78 is 0. The first kappa shape index (κ1) is 14.0. The van der Waals surface area contributed by atoms with Gasteiger partial charge in [0.2, 0.25) is 0 Å². The van der Waals surface area contributed by atoms with Crippen molar-refractivity contribution >= 4 is 44.7 Å². The Morgan fingerprint density at radius 1 is 1.29 bits per heavy atom. The number of rotatable bonds is 4. The second-order valence-electron chi connectivity index (χ2n) is 4.63. The number of aromatic carboxylic acids is 1. The van der Waals surface area contributed by atoms with Gasteiger partial charge in [0.1, 0.15) is 21.9 Å². The van der Waals surface area contributed by atoms with Gasteiger partial charge in [0.05, 0.1) is 11.9 Å². The predicted molar refractivity (Wildman–Crippen MR) is 85.5 cm³/mol. The zero-order valence-corrected chi connectivity index (χ0v) is 13.1. The average Bonchev–Trinajstić information content (AvgIpc) is 3.01. The van der Waals surface area contributed by atoms with Gasteiger partial charge in [-0.25, -0.2) is 14.8 Å². The van der Waals surface area contributed by atoms with Gasteiger partial charge in [-0.3, -0.25) is 0 Å². The van der Waals surface area contributed by atoms with Crippen LogP contribution in [-0.4, -0.2) is 21.0 Å². The Labute approximate surface area is 129 Å². The van der Waals surface area contributed by atoms with E-state index in [2.05, 4.69) is 34.3 Å². The van der Waals surface area contributed by atoms with Crippen LogP contribution in [0.2, 0.25) is 0 Å². The zero-order valence-electron chi connectivity index (χ0n) is 11.5. The number of anilines is 1. The maximum Gasteiger partial charge on any atom is 0.346 e. The van der Waals surface area contributed by atoms with Crippen molar-refractivity contribution in [3.63, 3.8) is 0 Å². The van der Waals surface area contributed by atoms with Crippen molar-refractivity contribution < 1.29 is 9.90 Å². The highest BCUT2D eigenvalue weighted by atomic mass is 32.1. The van der Waals surface area contributed by atoms with Crippen LogP contribution in [0, 0.1) is 13.8 Å². The summed E-state index contributed by atoms with van der Waals surface area (Å²) >= 11 is 2.91. The van der Waals surface area contributed by atoms with E-state index in [1.54, 1.807) is 18.3 Å². The van der Waals surface area contributed by atoms with Crippen molar-refractivity contribution in [2.24, 2.45) is 0 Å². The van der Waals surface area contributed by atoms with Gasteiger partial charge < -0.3 is 10.4 Å². The van der Waals surface area contributed by atoms with E-state index in [0.29, 0.717) is 27.6 Å². The summed E-state index contributed by atoms with van der Waals surface area (Å²) in [6, 6.07) is 4.16. The number of carboxylic acid groups (broad SMARTS) is 1. The third-order valence-corrected chi connectivity index (χ3v) is 5.34. The molecule has 0 amide bonds. The summed E-state index contributed by atoms with van der Waals surface area (Å²) in [5.74, 6) is -0.234. The molecule has 5 nitrogen and oxygen atoms in total. The van der Waals surface area contributed by atoms with Crippen molar-refractivity contribution in [3.05, 3.63) is 38.7 Å². The van der Waals surface area contributed by atoms with Crippen LogP contribution in [-0.2, 0) is 6.54 Å². The summed E-state index contributed by atoms with van der Waals surface area (Å²) in [6.45, 7) is 4.54. The number of thiophene rings is 2. The van der Waals surface area contributed by atoms with Crippen LogP contribution in [0.15, 0.2) is 18.5 Å². The van der Waals surface area contributed by atoms with Crippen LogP contribution >= 0.6 is 22.7 Å². The van der Waals surface area contributed by atoms with Crippen LogP contribution in [0.5, 0.6) is 0 Å². The lowest BCUT2D eigenvalue weighted by Gasteiger charge is -2.05. The van der Waals surface area contributed by atoms with Crippen LogP contribution in [0.3, 0.4) is 0 Å². The second-order valence-corrected chi connectivity index (χ2v) is 7.00. The number of hydrogen-bond acceptors (Lipinski definition) is 6. The van der Waals surface area contributed by atoms with Gasteiger partial charge in [-0.1, -0.05) is 0 Å². The van der Waals surface area contributed by atoms with E-state index in [1.807, 2.05) is 0 Å². The second kappa shape index (κ2) is 5.42. The lowest BCUT2D eigenvalue weighted by atomic mass is 10.2. The molecule has 21 heavy (non-hydrogen) atoms. The van der Waals surface area contributed by atoms with E-state index >= 15 is 0 Å². The molecule has 0 aliphatic rings. The summed E-state index contributed by atoms with van der Waals surface area (Å²) in [7, 11) is 0. The molecule has 0 saturated heterocycles. The highest BCUT2D eigenvalue weighted by Crippen LogP contribution is 2.33. The number of hydrogen-bond donors (Lipinski definition) is 2. The van der Waals surface area contributed by atoms with Crippen molar-refractivity contribution in [1.82, 2.24) is 9.97 Å². The van der Waals surface area contributed by atoms with E-state index in [0.717, 1.165) is 5.39 Å². The summed E-state index contributed by atoms with van der Waals surface area (Å²) in [6.07, 6.45) is 1.46. The molecule has 2 N–H and O–H groups in total. The highest BCUT2D eigenvalue weighted by molar-refractivity contribution is 7.20. The number of nitrogens with one attached hydrogen (secondary N) is 1. The molecule has 0 bridgehead atoms. The van der Waals surface area contributed by atoms with Crippen LogP contribution < -0.4 is 5.32 Å². The van der Waals surface area contributed by atoms with E-state index in [1.165, 1.54) is 27.4 Å². The van der Waals surface area contributed by atoms with Crippen LogP contribution in [0.25, 0.3) is 10.2 Å². The fourth-order valence-corrected chi connectivity index (χ4v) is 3.98. The maximum atomic E-state index is 11.2. The first-order valence-electron chi connectivity index (χ1n) is 6.33. The fraction of sp³-hybridized carbons (Fsp3) is 0.214. The van der Waals surface area contributed by atoms with Gasteiger partial charge in [-0.2, -0.15) is 0 Å². The largest absolute Gasteiger partial charge is 0.477 e. The Hall–Kier alpha value is -1.99. The van der Waals surface area contributed by atoms with Gasteiger partial charge in [0, 0.05) is 9.75 Å². The van der Waals surface area contributed by atoms with E-state index in [-0.39, 0.29) is 0 Å². The van der Waals surface area contributed by atoms with E-state index in [9.17, 15) is 9.90 Å². The highest BCUT2D eigenvalue weighted by Gasteiger charge is 2.18. The standard InChI is InChI=1S/C14H13N3O2S2/c1-7-3-4-9(20-7)5-15-12-10-8(2)11(14(18)19)21-13(10)17-6-16-12/h3-4,6H,5H2,1-2H3,(H,18,19)(H,15,16,17). The number of aryl methyl sites for hydroxylation is 2. The molecule has 7 heteroatoms. The van der Waals surface area contributed by atoms with Crippen molar-refractivity contribution in [2.45, 2.75) is 20.4 Å². The molecule has 3 rings (SSSR count). The molecule has 0 atom stereocenters. The first-order chi connectivity index (χ1) is 10.1. The zero-order chi connectivity index (χ0) is 15.0. The Morgan fingerprint density at radius 2 is 2.10 bits per heavy atom. The van der Waals surface area contributed by atoms with Crippen LogP contribution in [0.1, 0.15) is 25.0 Å². The lowest BCUT2D eigenvalue weighted by Crippen LogP contribution is -2.01. The summed E-state index contributed by atoms with van der Waals surface area (Å²) in [5, 5.41) is 13.3. The van der Waals surface area contributed by atoms with E-state index < -0.39 is 5.97 Å². The smallest absolute Gasteiger partial charge is 0.346 e. The number of carboxylic acids is 1. The van der Waals surface area contributed by atoms with Crippen LogP contribution in [0.4, 0.5) is 5.82 Å². The van der Waals surface area contributed by atoms with Gasteiger partial charge in [0.15, 0.2) is 0 Å². The maximum absolute atomic E-state index is 11.2. The molecule has 108 valence electrons. The molecule has 0 saturated carbocycles. The van der Waals surface area contributed by atoms with Gasteiger partial charge in [0.25, 0.3) is 0 Å². The molecule has 0 aliphatic heterocycles. The van der Waals surface area contributed by atoms with Gasteiger partial charge in [-0.15, -0.1) is 22.7 Å².